The molecule has 0 saturated heterocycles. The second-order valence-electron chi connectivity index (χ2n) is 7.51. The summed E-state index contributed by atoms with van der Waals surface area (Å²) >= 11 is 0. The summed E-state index contributed by atoms with van der Waals surface area (Å²) in [6, 6.07) is 9.61. The molecule has 1 amide bonds. The average molecular weight is 297 g/mol. The Kier molecular flexibility index (Phi) is 1.58. The van der Waals surface area contributed by atoms with Crippen LogP contribution < -0.4 is 5.32 Å². The molecule has 112 valence electrons. The van der Waals surface area contributed by atoms with E-state index in [1.165, 1.54) is 0 Å². The van der Waals surface area contributed by atoms with Gasteiger partial charge in [-0.05, 0) is 41.1 Å². The van der Waals surface area contributed by atoms with Crippen LogP contribution in [0.5, 0.6) is 0 Å². The van der Waals surface area contributed by atoms with Gasteiger partial charge in [0.05, 0.1) is 11.0 Å². The Hall–Kier alpha value is -2.04. The van der Waals surface area contributed by atoms with Gasteiger partial charge in [-0.2, -0.15) is 0 Å². The molecule has 1 aromatic carbocycles. The van der Waals surface area contributed by atoms with Crippen LogP contribution in [0.4, 0.5) is 4.79 Å². The number of hydrogen-bond donors (Lipinski definition) is 2. The number of rotatable bonds is 4. The van der Waals surface area contributed by atoms with E-state index < -0.39 is 5.97 Å². The zero-order chi connectivity index (χ0) is 14.9. The fraction of sp³-hybridized carbons (Fsp3) is 0.529. The molecule has 6 fully saturated rings. The number of alkyl carbamates (subject to hydrolysis) is 1. The number of carbonyl (C=O) groups excluding carboxylic acids is 1. The molecule has 0 radical (unpaired) electrons. The molecule has 0 aliphatic heterocycles. The summed E-state index contributed by atoms with van der Waals surface area (Å²) in [5.41, 5.74) is 0.499. The zero-order valence-corrected chi connectivity index (χ0v) is 11.7. The molecule has 22 heavy (non-hydrogen) atoms. The van der Waals surface area contributed by atoms with Crippen molar-refractivity contribution in [1.82, 2.24) is 5.32 Å². The van der Waals surface area contributed by atoms with Crippen molar-refractivity contribution in [2.24, 2.45) is 40.9 Å². The van der Waals surface area contributed by atoms with Crippen LogP contribution in [0.1, 0.15) is 5.56 Å². The molecule has 6 saturated carbocycles. The highest BCUT2D eigenvalue weighted by atomic mass is 16.5. The SMILES string of the molecule is O=C(NC12C3C4C1C1C2C3C41C(=O)O)OCc1ccccc1. The minimum Gasteiger partial charge on any atom is -0.481 e. The molecule has 0 spiro atoms. The van der Waals surface area contributed by atoms with Crippen molar-refractivity contribution >= 4 is 12.1 Å². The molecule has 6 aliphatic carbocycles. The van der Waals surface area contributed by atoms with Crippen molar-refractivity contribution in [3.05, 3.63) is 35.9 Å². The van der Waals surface area contributed by atoms with Gasteiger partial charge in [0, 0.05) is 0 Å². The highest BCUT2D eigenvalue weighted by Gasteiger charge is 3.12. The van der Waals surface area contributed by atoms with Crippen LogP contribution in [0.2, 0.25) is 0 Å². The monoisotopic (exact) mass is 297 g/mol. The maximum atomic E-state index is 12.1. The van der Waals surface area contributed by atoms with Crippen LogP contribution in [0, 0.1) is 40.9 Å². The lowest BCUT2D eigenvalue weighted by molar-refractivity contribution is -0.609. The van der Waals surface area contributed by atoms with E-state index in [-0.39, 0.29) is 23.7 Å². The van der Waals surface area contributed by atoms with Crippen LogP contribution in [0.3, 0.4) is 0 Å². The number of carboxylic acid groups (broad SMARTS) is 1. The van der Waals surface area contributed by atoms with Gasteiger partial charge in [-0.1, -0.05) is 30.3 Å². The Bertz CT molecular complexity index is 689. The van der Waals surface area contributed by atoms with Gasteiger partial charge in [0.25, 0.3) is 0 Å². The van der Waals surface area contributed by atoms with E-state index in [0.717, 1.165) is 5.56 Å². The van der Waals surface area contributed by atoms with Crippen molar-refractivity contribution < 1.29 is 19.4 Å². The van der Waals surface area contributed by atoms with Crippen LogP contribution in [-0.2, 0) is 16.1 Å². The molecule has 5 nitrogen and oxygen atoms in total. The average Bonchev–Trinajstić information content (AvgIpc) is 2.54. The smallest absolute Gasteiger partial charge is 0.407 e. The second-order valence-corrected chi connectivity index (χ2v) is 7.51. The Balaban J connectivity index is 1.13. The van der Waals surface area contributed by atoms with E-state index in [4.69, 9.17) is 4.74 Å². The number of amides is 1. The molecule has 1 aromatic rings. The number of benzene rings is 1. The molecule has 7 rings (SSSR count). The molecular formula is C17H15NO4. The van der Waals surface area contributed by atoms with Gasteiger partial charge < -0.3 is 15.2 Å². The Morgan fingerprint density at radius 3 is 2.18 bits per heavy atom. The quantitative estimate of drug-likeness (QED) is 0.883. The second kappa shape index (κ2) is 3.03. The van der Waals surface area contributed by atoms with Crippen molar-refractivity contribution in [2.45, 2.75) is 12.1 Å². The molecule has 2 N–H and O–H groups in total. The molecule has 0 unspecified atom stereocenters. The highest BCUT2D eigenvalue weighted by molar-refractivity contribution is 5.89. The first kappa shape index (κ1) is 11.5. The first-order valence-electron chi connectivity index (χ1n) is 7.87. The summed E-state index contributed by atoms with van der Waals surface area (Å²) in [5, 5.41) is 12.5. The summed E-state index contributed by atoms with van der Waals surface area (Å²) in [4.78, 5) is 23.5. The third-order valence-corrected chi connectivity index (χ3v) is 7.53. The summed E-state index contributed by atoms with van der Waals surface area (Å²) in [7, 11) is 0. The normalized spacial score (nSPS) is 52.7. The topological polar surface area (TPSA) is 75.6 Å². The van der Waals surface area contributed by atoms with Crippen LogP contribution in [-0.4, -0.2) is 22.7 Å². The lowest BCUT2D eigenvalue weighted by atomic mass is 8.94. The van der Waals surface area contributed by atoms with Crippen molar-refractivity contribution in [3.63, 3.8) is 0 Å². The van der Waals surface area contributed by atoms with Gasteiger partial charge in [-0.15, -0.1) is 0 Å². The molecule has 0 heterocycles. The minimum absolute atomic E-state index is 0.0923. The summed E-state index contributed by atoms with van der Waals surface area (Å²) in [5.74, 6) is 1.63. The third kappa shape index (κ3) is 0.769. The first-order valence-corrected chi connectivity index (χ1v) is 7.87. The lowest BCUT2D eigenvalue weighted by Crippen LogP contribution is -3.16. The van der Waals surface area contributed by atoms with Gasteiger partial charge in [0.15, 0.2) is 0 Å². The number of carbonyl (C=O) groups is 2. The molecule has 6 aliphatic rings. The largest absolute Gasteiger partial charge is 0.481 e. The number of aliphatic carboxylic acids is 1. The summed E-state index contributed by atoms with van der Waals surface area (Å²) < 4.78 is 5.32. The number of carboxylic acids is 1. The predicted molar refractivity (Wildman–Crippen MR) is 73.5 cm³/mol. The summed E-state index contributed by atoms with van der Waals surface area (Å²) in [6.45, 7) is 0.276. The molecule has 5 heteroatoms. The van der Waals surface area contributed by atoms with E-state index in [1.54, 1.807) is 0 Å². The fourth-order valence-corrected chi connectivity index (χ4v) is 7.14. The van der Waals surface area contributed by atoms with Crippen LogP contribution in [0.25, 0.3) is 0 Å². The van der Waals surface area contributed by atoms with E-state index in [2.05, 4.69) is 5.32 Å². The van der Waals surface area contributed by atoms with E-state index in [1.807, 2.05) is 30.3 Å². The van der Waals surface area contributed by atoms with Crippen molar-refractivity contribution in [1.29, 1.82) is 0 Å². The third-order valence-electron chi connectivity index (χ3n) is 7.53. The van der Waals surface area contributed by atoms with Gasteiger partial charge in [-0.25, -0.2) is 4.79 Å². The molecule has 0 aromatic heterocycles. The van der Waals surface area contributed by atoms with E-state index in [0.29, 0.717) is 35.5 Å². The zero-order valence-electron chi connectivity index (χ0n) is 11.7. The summed E-state index contributed by atoms with van der Waals surface area (Å²) in [6.07, 6.45) is -0.357. The van der Waals surface area contributed by atoms with E-state index in [9.17, 15) is 14.7 Å². The number of ether oxygens (including phenoxy) is 1. The lowest BCUT2D eigenvalue weighted by Gasteiger charge is -3.09. The van der Waals surface area contributed by atoms with Crippen LogP contribution in [0.15, 0.2) is 30.3 Å². The predicted octanol–water partition coefficient (Wildman–Crippen LogP) is 1.49. The number of hydrogen-bond acceptors (Lipinski definition) is 3. The minimum atomic E-state index is -0.601. The fourth-order valence-electron chi connectivity index (χ4n) is 7.14. The van der Waals surface area contributed by atoms with Crippen LogP contribution >= 0.6 is 0 Å². The van der Waals surface area contributed by atoms with Gasteiger partial charge in [-0.3, -0.25) is 4.79 Å². The molecular weight excluding hydrogens is 282 g/mol. The first-order chi connectivity index (χ1) is 10.6. The van der Waals surface area contributed by atoms with Gasteiger partial charge in [0.1, 0.15) is 6.61 Å². The van der Waals surface area contributed by atoms with Crippen molar-refractivity contribution in [2.75, 3.05) is 0 Å². The number of nitrogens with one attached hydrogen (secondary N) is 1. The Labute approximate surface area is 126 Å². The van der Waals surface area contributed by atoms with Gasteiger partial charge in [0.2, 0.25) is 0 Å². The van der Waals surface area contributed by atoms with Crippen molar-refractivity contribution in [3.8, 4) is 0 Å². The Morgan fingerprint density at radius 1 is 1.05 bits per heavy atom. The van der Waals surface area contributed by atoms with E-state index >= 15 is 0 Å². The highest BCUT2D eigenvalue weighted by Crippen LogP contribution is 3.06. The standard InChI is InChI=1S/C17H15NO4/c19-14(20)16-8-11-9(16)13-10(16)12(8)17(11,13)18-15(21)22-6-7-4-2-1-3-5-7/h1-5,8-13H,6H2,(H,18,21)(H,19,20). The molecule has 0 atom stereocenters. The maximum absolute atomic E-state index is 12.1. The van der Waals surface area contributed by atoms with Gasteiger partial charge >= 0.3 is 12.1 Å². The molecule has 0 bridgehead atoms. The maximum Gasteiger partial charge on any atom is 0.407 e. The Morgan fingerprint density at radius 2 is 1.64 bits per heavy atom.